The van der Waals surface area contributed by atoms with Gasteiger partial charge in [0.1, 0.15) is 0 Å². The maximum Gasteiger partial charge on any atom is 0.342 e. The van der Waals surface area contributed by atoms with Gasteiger partial charge in [0.25, 0.3) is 5.56 Å². The molecule has 0 radical (unpaired) electrons. The van der Waals surface area contributed by atoms with Crippen LogP contribution in [0.1, 0.15) is 29.8 Å². The van der Waals surface area contributed by atoms with Gasteiger partial charge in [0.2, 0.25) is 5.78 Å². The Kier molecular flexibility index (Phi) is 3.00. The Balaban J connectivity index is 2.36. The van der Waals surface area contributed by atoms with E-state index in [1.807, 2.05) is 10.1 Å². The molecule has 1 aromatic rings. The number of Topliss-reactive ketones (excluding diaryl/α,β-unsaturated/α-hetero) is 3. The molecular formula is C10H9N3O5. The van der Waals surface area contributed by atoms with Gasteiger partial charge in [-0.3, -0.25) is 24.2 Å². The molecule has 1 atom stereocenters. The number of carbonyl (C=O) groups is 3. The lowest BCUT2D eigenvalue weighted by Crippen LogP contribution is -2.38. The zero-order valence-electron chi connectivity index (χ0n) is 9.19. The Hall–Kier alpha value is -2.38. The molecule has 0 amide bonds. The summed E-state index contributed by atoms with van der Waals surface area (Å²) >= 11 is 0. The van der Waals surface area contributed by atoms with Crippen molar-refractivity contribution >= 4 is 17.3 Å². The molecule has 0 aliphatic heterocycles. The molecule has 0 saturated heterocycles. The van der Waals surface area contributed by atoms with Crippen LogP contribution in [-0.4, -0.2) is 32.5 Å². The van der Waals surface area contributed by atoms with E-state index in [-0.39, 0.29) is 12.8 Å². The summed E-state index contributed by atoms with van der Waals surface area (Å²) in [6, 6.07) is 0. The highest BCUT2D eigenvalue weighted by Crippen LogP contribution is 2.20. The number of aromatic nitrogens is 3. The van der Waals surface area contributed by atoms with Crippen molar-refractivity contribution in [1.29, 1.82) is 0 Å². The molecule has 8 heteroatoms. The van der Waals surface area contributed by atoms with Gasteiger partial charge in [-0.15, -0.1) is 0 Å². The van der Waals surface area contributed by atoms with Gasteiger partial charge in [-0.05, 0) is 12.8 Å². The van der Waals surface area contributed by atoms with Crippen LogP contribution in [-0.2, 0) is 9.59 Å². The number of nitrogens with one attached hydrogen (secondary N) is 2. The van der Waals surface area contributed by atoms with E-state index in [0.717, 1.165) is 0 Å². The molecule has 0 aromatic carbocycles. The fourth-order valence-corrected chi connectivity index (χ4v) is 1.85. The highest BCUT2D eigenvalue weighted by Gasteiger charge is 2.36. The molecule has 1 aliphatic carbocycles. The Labute approximate surface area is 99.4 Å². The number of aromatic amines is 2. The van der Waals surface area contributed by atoms with Crippen molar-refractivity contribution in [2.75, 3.05) is 0 Å². The molecule has 1 aromatic heterocycles. The summed E-state index contributed by atoms with van der Waals surface area (Å²) in [6.45, 7) is 0. The monoisotopic (exact) mass is 251 g/mol. The van der Waals surface area contributed by atoms with Crippen molar-refractivity contribution in [3.8, 4) is 0 Å². The van der Waals surface area contributed by atoms with Gasteiger partial charge >= 0.3 is 5.69 Å². The Bertz CT molecular complexity index is 641. The average Bonchev–Trinajstić information content (AvgIpc) is 2.32. The predicted molar refractivity (Wildman–Crippen MR) is 57.2 cm³/mol. The molecule has 0 bridgehead atoms. The van der Waals surface area contributed by atoms with Crippen LogP contribution in [0.25, 0.3) is 0 Å². The SMILES string of the molecule is O=C1CCCC(C(=O)c2n[nH]c(=O)[nH]c2=O)C1=O. The van der Waals surface area contributed by atoms with Gasteiger partial charge in [0.15, 0.2) is 17.3 Å². The first-order chi connectivity index (χ1) is 8.50. The quantitative estimate of drug-likeness (QED) is 0.377. The Morgan fingerprint density at radius 1 is 1.22 bits per heavy atom. The van der Waals surface area contributed by atoms with Crippen molar-refractivity contribution in [1.82, 2.24) is 15.2 Å². The van der Waals surface area contributed by atoms with Crippen molar-refractivity contribution < 1.29 is 14.4 Å². The first-order valence-electron chi connectivity index (χ1n) is 5.31. The number of H-pyrrole nitrogens is 2. The average molecular weight is 251 g/mol. The van der Waals surface area contributed by atoms with E-state index in [4.69, 9.17) is 0 Å². The number of hydrogen-bond acceptors (Lipinski definition) is 6. The van der Waals surface area contributed by atoms with Crippen LogP contribution < -0.4 is 11.2 Å². The van der Waals surface area contributed by atoms with Gasteiger partial charge in [0, 0.05) is 6.42 Å². The summed E-state index contributed by atoms with van der Waals surface area (Å²) in [6.07, 6.45) is 0.754. The first-order valence-corrected chi connectivity index (χ1v) is 5.31. The second-order valence-electron chi connectivity index (χ2n) is 3.95. The minimum absolute atomic E-state index is 0.123. The minimum Gasteiger partial charge on any atom is -0.291 e. The smallest absolute Gasteiger partial charge is 0.291 e. The third-order valence-electron chi connectivity index (χ3n) is 2.75. The maximum atomic E-state index is 11.9. The summed E-state index contributed by atoms with van der Waals surface area (Å²) in [4.78, 5) is 58.6. The maximum absolute atomic E-state index is 11.9. The Morgan fingerprint density at radius 2 is 1.94 bits per heavy atom. The third-order valence-corrected chi connectivity index (χ3v) is 2.75. The van der Waals surface area contributed by atoms with Crippen LogP contribution in [0, 0.1) is 5.92 Å². The van der Waals surface area contributed by atoms with E-state index < -0.39 is 40.2 Å². The molecule has 1 fully saturated rings. The molecule has 8 nitrogen and oxygen atoms in total. The van der Waals surface area contributed by atoms with Gasteiger partial charge in [0.05, 0.1) is 5.92 Å². The molecular weight excluding hydrogens is 242 g/mol. The minimum atomic E-state index is -1.16. The fraction of sp³-hybridized carbons (Fsp3) is 0.400. The Morgan fingerprint density at radius 3 is 2.61 bits per heavy atom. The molecule has 2 rings (SSSR count). The van der Waals surface area contributed by atoms with Crippen LogP contribution in [0.4, 0.5) is 0 Å². The fourth-order valence-electron chi connectivity index (χ4n) is 1.85. The molecule has 0 spiro atoms. The van der Waals surface area contributed by atoms with E-state index >= 15 is 0 Å². The number of nitrogens with zero attached hydrogens (tertiary/aromatic N) is 1. The van der Waals surface area contributed by atoms with Crippen molar-refractivity contribution in [2.24, 2.45) is 5.92 Å². The van der Waals surface area contributed by atoms with Gasteiger partial charge in [-0.1, -0.05) is 0 Å². The van der Waals surface area contributed by atoms with Crippen LogP contribution >= 0.6 is 0 Å². The van der Waals surface area contributed by atoms with E-state index in [1.54, 1.807) is 0 Å². The molecule has 2 N–H and O–H groups in total. The molecule has 94 valence electrons. The van der Waals surface area contributed by atoms with Gasteiger partial charge < -0.3 is 0 Å². The van der Waals surface area contributed by atoms with E-state index in [1.165, 1.54) is 0 Å². The predicted octanol–water partition coefficient (Wildman–Crippen LogP) is -1.42. The number of hydrogen-bond donors (Lipinski definition) is 2. The van der Waals surface area contributed by atoms with E-state index in [2.05, 4.69) is 5.10 Å². The first kappa shape index (κ1) is 12.1. The largest absolute Gasteiger partial charge is 0.342 e. The lowest BCUT2D eigenvalue weighted by Gasteiger charge is -2.16. The zero-order chi connectivity index (χ0) is 13.3. The van der Waals surface area contributed by atoms with Crippen molar-refractivity contribution in [2.45, 2.75) is 19.3 Å². The van der Waals surface area contributed by atoms with Gasteiger partial charge in [-0.25, -0.2) is 9.89 Å². The summed E-state index contributed by atoms with van der Waals surface area (Å²) in [5.41, 5.74) is -2.36. The van der Waals surface area contributed by atoms with Crippen molar-refractivity contribution in [3.05, 3.63) is 26.5 Å². The number of ketones is 3. The lowest BCUT2D eigenvalue weighted by molar-refractivity contribution is -0.139. The zero-order valence-corrected chi connectivity index (χ0v) is 9.19. The van der Waals surface area contributed by atoms with Crippen LogP contribution in [0.5, 0.6) is 0 Å². The van der Waals surface area contributed by atoms with Gasteiger partial charge in [-0.2, -0.15) is 5.10 Å². The second-order valence-corrected chi connectivity index (χ2v) is 3.95. The highest BCUT2D eigenvalue weighted by atomic mass is 16.2. The van der Waals surface area contributed by atoms with E-state index in [0.29, 0.717) is 6.42 Å². The van der Waals surface area contributed by atoms with E-state index in [9.17, 15) is 24.0 Å². The molecule has 1 heterocycles. The van der Waals surface area contributed by atoms with Crippen LogP contribution in [0.3, 0.4) is 0 Å². The van der Waals surface area contributed by atoms with Crippen LogP contribution in [0.15, 0.2) is 9.59 Å². The second kappa shape index (κ2) is 4.47. The van der Waals surface area contributed by atoms with Crippen LogP contribution in [0.2, 0.25) is 0 Å². The molecule has 1 saturated carbocycles. The molecule has 1 aliphatic rings. The highest BCUT2D eigenvalue weighted by molar-refractivity contribution is 6.42. The topological polar surface area (TPSA) is 130 Å². The van der Waals surface area contributed by atoms with Crippen molar-refractivity contribution in [3.63, 3.8) is 0 Å². The standard InChI is InChI=1S/C10H9N3O5/c14-5-3-1-2-4(7(5)15)8(16)6-9(17)11-10(18)13-12-6/h4H,1-3H2,(H2,11,13,17,18). The molecule has 18 heavy (non-hydrogen) atoms. The molecule has 1 unspecified atom stereocenters. The lowest BCUT2D eigenvalue weighted by atomic mass is 9.83. The number of carbonyl (C=O) groups excluding carboxylic acids is 3. The summed E-state index contributed by atoms with van der Waals surface area (Å²) in [5, 5.41) is 5.23. The third kappa shape index (κ3) is 2.04. The summed E-state index contributed by atoms with van der Waals surface area (Å²) in [7, 11) is 0. The summed E-state index contributed by atoms with van der Waals surface area (Å²) < 4.78 is 0. The number of rotatable bonds is 2. The normalized spacial score (nSPS) is 19.9. The summed E-state index contributed by atoms with van der Waals surface area (Å²) in [5.74, 6) is -3.39.